The van der Waals surface area contributed by atoms with Crippen LogP contribution in [0.2, 0.25) is 0 Å². The SMILES string of the molecule is N#Cc1c(F)cccc1S(=O)(=O)NCCSC(F)(F)F. The van der Waals surface area contributed by atoms with Gasteiger partial charge in [-0.15, -0.1) is 0 Å². The molecule has 0 radical (unpaired) electrons. The summed E-state index contributed by atoms with van der Waals surface area (Å²) in [5, 5.41) is 8.71. The Labute approximate surface area is 116 Å². The van der Waals surface area contributed by atoms with Crippen LogP contribution in [0.5, 0.6) is 0 Å². The minimum Gasteiger partial charge on any atom is -0.210 e. The molecule has 10 heteroatoms. The molecule has 1 rings (SSSR count). The van der Waals surface area contributed by atoms with Gasteiger partial charge in [0, 0.05) is 12.3 Å². The summed E-state index contributed by atoms with van der Waals surface area (Å²) >= 11 is -0.383. The van der Waals surface area contributed by atoms with E-state index in [1.54, 1.807) is 0 Å². The third-order valence-electron chi connectivity index (χ3n) is 2.04. The zero-order chi connectivity index (χ0) is 15.4. The molecule has 1 N–H and O–H groups in total. The normalized spacial score (nSPS) is 12.2. The van der Waals surface area contributed by atoms with Crippen LogP contribution < -0.4 is 4.72 Å². The number of nitrogens with one attached hydrogen (secondary N) is 1. The maximum atomic E-state index is 13.3. The molecule has 110 valence electrons. The second-order valence-electron chi connectivity index (χ2n) is 3.42. The van der Waals surface area contributed by atoms with Crippen LogP contribution in [0.3, 0.4) is 0 Å². The van der Waals surface area contributed by atoms with Gasteiger partial charge in [-0.1, -0.05) is 6.07 Å². The number of benzene rings is 1. The molecule has 0 aliphatic rings. The summed E-state index contributed by atoms with van der Waals surface area (Å²) in [4.78, 5) is -0.600. The van der Waals surface area contributed by atoms with Crippen LogP contribution >= 0.6 is 11.8 Å². The van der Waals surface area contributed by atoms with Gasteiger partial charge in [0.2, 0.25) is 10.0 Å². The molecular weight excluding hydrogens is 320 g/mol. The molecule has 0 saturated carbocycles. The van der Waals surface area contributed by atoms with Crippen LogP contribution in [-0.2, 0) is 10.0 Å². The lowest BCUT2D eigenvalue weighted by molar-refractivity contribution is -0.0327. The first-order chi connectivity index (χ1) is 9.17. The minimum atomic E-state index is -4.46. The Kier molecular flexibility index (Phi) is 5.38. The molecule has 0 unspecified atom stereocenters. The maximum Gasteiger partial charge on any atom is 0.441 e. The second kappa shape index (κ2) is 6.43. The first-order valence-electron chi connectivity index (χ1n) is 5.06. The highest BCUT2D eigenvalue weighted by Gasteiger charge is 2.28. The van der Waals surface area contributed by atoms with E-state index in [9.17, 15) is 26.0 Å². The van der Waals surface area contributed by atoms with Gasteiger partial charge in [-0.2, -0.15) is 18.4 Å². The molecule has 0 atom stereocenters. The minimum absolute atomic E-state index is 0.383. The lowest BCUT2D eigenvalue weighted by Crippen LogP contribution is -2.27. The molecule has 0 saturated heterocycles. The zero-order valence-electron chi connectivity index (χ0n) is 9.74. The summed E-state index contributed by atoms with van der Waals surface area (Å²) in [5.41, 5.74) is -5.13. The number of sulfonamides is 1. The number of hydrogen-bond donors (Lipinski definition) is 1. The predicted octanol–water partition coefficient (Wildman–Crippen LogP) is 2.23. The van der Waals surface area contributed by atoms with E-state index < -0.39 is 44.1 Å². The van der Waals surface area contributed by atoms with Crippen molar-refractivity contribution in [1.82, 2.24) is 4.72 Å². The van der Waals surface area contributed by atoms with Crippen LogP contribution in [0, 0.1) is 17.1 Å². The van der Waals surface area contributed by atoms with Gasteiger partial charge in [0.25, 0.3) is 0 Å². The van der Waals surface area contributed by atoms with E-state index >= 15 is 0 Å². The van der Waals surface area contributed by atoms with Gasteiger partial charge in [-0.3, -0.25) is 0 Å². The summed E-state index contributed by atoms with van der Waals surface area (Å²) < 4.78 is 74.3. The number of halogens is 4. The highest BCUT2D eigenvalue weighted by atomic mass is 32.2. The van der Waals surface area contributed by atoms with E-state index in [1.165, 1.54) is 6.07 Å². The molecule has 0 aromatic heterocycles. The molecule has 0 heterocycles. The Bertz CT molecular complexity index is 623. The Morgan fingerprint density at radius 2 is 2.00 bits per heavy atom. The molecule has 1 aromatic rings. The molecule has 0 amide bonds. The summed E-state index contributed by atoms with van der Waals surface area (Å²) in [7, 11) is -4.24. The van der Waals surface area contributed by atoms with Gasteiger partial charge in [-0.25, -0.2) is 17.5 Å². The van der Waals surface area contributed by atoms with Crippen LogP contribution in [0.15, 0.2) is 23.1 Å². The van der Waals surface area contributed by atoms with Crippen molar-refractivity contribution >= 4 is 21.8 Å². The highest BCUT2D eigenvalue weighted by molar-refractivity contribution is 8.00. The maximum absolute atomic E-state index is 13.3. The summed E-state index contributed by atoms with van der Waals surface area (Å²) in [6, 6.07) is 4.41. The average molecular weight is 328 g/mol. The van der Waals surface area contributed by atoms with Gasteiger partial charge in [0.1, 0.15) is 22.3 Å². The van der Waals surface area contributed by atoms with E-state index in [0.717, 1.165) is 18.2 Å². The molecule has 20 heavy (non-hydrogen) atoms. The first-order valence-corrected chi connectivity index (χ1v) is 7.53. The van der Waals surface area contributed by atoms with E-state index in [2.05, 4.69) is 0 Å². The van der Waals surface area contributed by atoms with E-state index in [0.29, 0.717) is 0 Å². The largest absolute Gasteiger partial charge is 0.441 e. The van der Waals surface area contributed by atoms with Crippen molar-refractivity contribution < 1.29 is 26.0 Å². The van der Waals surface area contributed by atoms with Crippen molar-refractivity contribution in [3.05, 3.63) is 29.6 Å². The first kappa shape index (κ1) is 16.7. The summed E-state index contributed by atoms with van der Waals surface area (Å²) in [5.74, 6) is -1.54. The summed E-state index contributed by atoms with van der Waals surface area (Å²) in [6.45, 7) is -0.492. The van der Waals surface area contributed by atoms with Gasteiger partial charge in [-0.05, 0) is 23.9 Å². The monoisotopic (exact) mass is 328 g/mol. The lowest BCUT2D eigenvalue weighted by atomic mass is 10.2. The van der Waals surface area contributed by atoms with E-state index in [-0.39, 0.29) is 11.8 Å². The van der Waals surface area contributed by atoms with Crippen molar-refractivity contribution in [2.45, 2.75) is 10.4 Å². The Hall–Kier alpha value is -1.31. The number of thioether (sulfide) groups is 1. The van der Waals surface area contributed by atoms with Crippen molar-refractivity contribution in [2.24, 2.45) is 0 Å². The third-order valence-corrected chi connectivity index (χ3v) is 4.28. The molecule has 1 aromatic carbocycles. The second-order valence-corrected chi connectivity index (χ2v) is 6.31. The number of nitrogens with zero attached hydrogens (tertiary/aromatic N) is 1. The molecule has 4 nitrogen and oxygen atoms in total. The molecule has 0 aliphatic heterocycles. The van der Waals surface area contributed by atoms with Crippen molar-refractivity contribution in [3.8, 4) is 6.07 Å². The molecule has 0 spiro atoms. The van der Waals surface area contributed by atoms with Gasteiger partial charge in [0.15, 0.2) is 0 Å². The molecular formula is C10H8F4N2O2S2. The summed E-state index contributed by atoms with van der Waals surface area (Å²) in [6.07, 6.45) is 0. The van der Waals surface area contributed by atoms with E-state index in [1.807, 2.05) is 4.72 Å². The Morgan fingerprint density at radius 1 is 1.35 bits per heavy atom. The van der Waals surface area contributed by atoms with E-state index in [4.69, 9.17) is 5.26 Å². The number of alkyl halides is 3. The topological polar surface area (TPSA) is 70.0 Å². The van der Waals surface area contributed by atoms with Crippen molar-refractivity contribution in [1.29, 1.82) is 5.26 Å². The smallest absolute Gasteiger partial charge is 0.210 e. The third kappa shape index (κ3) is 4.66. The van der Waals surface area contributed by atoms with Crippen LogP contribution in [-0.4, -0.2) is 26.2 Å². The fourth-order valence-corrected chi connectivity index (χ4v) is 3.02. The fourth-order valence-electron chi connectivity index (χ4n) is 1.26. The number of nitriles is 1. The Morgan fingerprint density at radius 3 is 2.55 bits per heavy atom. The number of rotatable bonds is 5. The average Bonchev–Trinajstić information content (AvgIpc) is 2.33. The Balaban J connectivity index is 2.81. The molecule has 0 fully saturated rings. The zero-order valence-corrected chi connectivity index (χ0v) is 11.4. The number of hydrogen-bond acceptors (Lipinski definition) is 4. The van der Waals surface area contributed by atoms with Crippen LogP contribution in [0.25, 0.3) is 0 Å². The fraction of sp³-hybridized carbons (Fsp3) is 0.300. The molecule has 0 aliphatic carbocycles. The van der Waals surface area contributed by atoms with Crippen molar-refractivity contribution in [2.75, 3.05) is 12.3 Å². The quantitative estimate of drug-likeness (QED) is 0.665. The van der Waals surface area contributed by atoms with Crippen LogP contribution in [0.1, 0.15) is 5.56 Å². The lowest BCUT2D eigenvalue weighted by Gasteiger charge is -2.09. The van der Waals surface area contributed by atoms with Gasteiger partial charge < -0.3 is 0 Å². The van der Waals surface area contributed by atoms with Crippen LogP contribution in [0.4, 0.5) is 17.6 Å². The van der Waals surface area contributed by atoms with Gasteiger partial charge in [0.05, 0.1) is 0 Å². The van der Waals surface area contributed by atoms with Gasteiger partial charge >= 0.3 is 5.51 Å². The standard InChI is InChI=1S/C10H8F4N2O2S2/c11-8-2-1-3-9(7(8)6-15)20(17,18)16-4-5-19-10(12,13)14/h1-3,16H,4-5H2. The molecule has 0 bridgehead atoms. The predicted molar refractivity (Wildman–Crippen MR) is 64.8 cm³/mol. The van der Waals surface area contributed by atoms with Crippen molar-refractivity contribution in [3.63, 3.8) is 0 Å². The highest BCUT2D eigenvalue weighted by Crippen LogP contribution is 2.29.